The summed E-state index contributed by atoms with van der Waals surface area (Å²) < 4.78 is 0. The van der Waals surface area contributed by atoms with Crippen molar-refractivity contribution < 1.29 is 0 Å². The van der Waals surface area contributed by atoms with Crippen molar-refractivity contribution in [2.45, 2.75) is 39.3 Å². The number of aryl methyl sites for hydroxylation is 2. The molecule has 88 valence electrons. The van der Waals surface area contributed by atoms with Gasteiger partial charge in [0.15, 0.2) is 0 Å². The van der Waals surface area contributed by atoms with Crippen LogP contribution in [-0.2, 0) is 6.54 Å². The molecule has 16 heavy (non-hydrogen) atoms. The molecule has 1 aromatic rings. The maximum Gasteiger partial charge on any atom is 0.0234 e. The van der Waals surface area contributed by atoms with Gasteiger partial charge in [0.05, 0.1) is 0 Å². The minimum absolute atomic E-state index is 0.375. The van der Waals surface area contributed by atoms with E-state index < -0.39 is 0 Å². The lowest BCUT2D eigenvalue weighted by Gasteiger charge is -2.30. The van der Waals surface area contributed by atoms with Gasteiger partial charge in [-0.1, -0.05) is 18.2 Å². The molecule has 1 atom stereocenters. The fraction of sp³-hybridized carbons (Fsp3) is 0.571. The van der Waals surface area contributed by atoms with Crippen molar-refractivity contribution in [2.24, 2.45) is 5.73 Å². The minimum atomic E-state index is 0.375. The van der Waals surface area contributed by atoms with Crippen molar-refractivity contribution in [2.75, 3.05) is 13.1 Å². The van der Waals surface area contributed by atoms with Gasteiger partial charge in [0.1, 0.15) is 0 Å². The molecule has 0 aliphatic carbocycles. The molecule has 1 unspecified atom stereocenters. The van der Waals surface area contributed by atoms with Crippen LogP contribution in [0.25, 0.3) is 0 Å². The molecule has 1 saturated heterocycles. The first kappa shape index (κ1) is 11.6. The topological polar surface area (TPSA) is 29.3 Å². The van der Waals surface area contributed by atoms with Crippen LogP contribution >= 0.6 is 0 Å². The van der Waals surface area contributed by atoms with E-state index >= 15 is 0 Å². The highest BCUT2D eigenvalue weighted by molar-refractivity contribution is 5.29. The monoisotopic (exact) mass is 218 g/mol. The molecule has 0 bridgehead atoms. The van der Waals surface area contributed by atoms with Gasteiger partial charge in [-0.25, -0.2) is 0 Å². The molecule has 0 radical (unpaired) electrons. The van der Waals surface area contributed by atoms with Gasteiger partial charge in [-0.3, -0.25) is 4.90 Å². The number of likely N-dealkylation sites (tertiary alicyclic amines) is 1. The van der Waals surface area contributed by atoms with Gasteiger partial charge in [0.25, 0.3) is 0 Å². The number of hydrogen-bond acceptors (Lipinski definition) is 2. The fourth-order valence-electron chi connectivity index (χ4n) is 2.39. The summed E-state index contributed by atoms with van der Waals surface area (Å²) >= 11 is 0. The molecule has 1 aliphatic heterocycles. The Kier molecular flexibility index (Phi) is 3.62. The average Bonchev–Trinajstić information content (AvgIpc) is 2.24. The van der Waals surface area contributed by atoms with E-state index in [4.69, 9.17) is 5.73 Å². The van der Waals surface area contributed by atoms with Crippen molar-refractivity contribution >= 4 is 0 Å². The van der Waals surface area contributed by atoms with Gasteiger partial charge in [-0.15, -0.1) is 0 Å². The van der Waals surface area contributed by atoms with Crippen LogP contribution in [0.1, 0.15) is 29.5 Å². The predicted octanol–water partition coefficient (Wildman–Crippen LogP) is 2.23. The molecule has 0 amide bonds. The lowest BCUT2D eigenvalue weighted by Crippen LogP contribution is -2.42. The van der Waals surface area contributed by atoms with Crippen molar-refractivity contribution in [3.8, 4) is 0 Å². The number of nitrogens with zero attached hydrogens (tertiary/aromatic N) is 1. The van der Waals surface area contributed by atoms with E-state index in [1.807, 2.05) is 0 Å². The average molecular weight is 218 g/mol. The first-order valence-corrected chi connectivity index (χ1v) is 6.19. The van der Waals surface area contributed by atoms with E-state index in [0.29, 0.717) is 6.04 Å². The van der Waals surface area contributed by atoms with Gasteiger partial charge in [-0.05, 0) is 49.9 Å². The second kappa shape index (κ2) is 4.98. The summed E-state index contributed by atoms with van der Waals surface area (Å²) in [6.45, 7) is 7.64. The SMILES string of the molecule is Cc1ccc(CN2CCCC(N)C2)cc1C. The van der Waals surface area contributed by atoms with Gasteiger partial charge in [0, 0.05) is 19.1 Å². The largest absolute Gasteiger partial charge is 0.327 e. The van der Waals surface area contributed by atoms with Crippen LogP contribution in [0.2, 0.25) is 0 Å². The summed E-state index contributed by atoms with van der Waals surface area (Å²) in [6.07, 6.45) is 2.43. The van der Waals surface area contributed by atoms with Gasteiger partial charge < -0.3 is 5.73 Å². The summed E-state index contributed by atoms with van der Waals surface area (Å²) in [7, 11) is 0. The molecule has 1 aromatic carbocycles. The van der Waals surface area contributed by atoms with Crippen LogP contribution in [0.4, 0.5) is 0 Å². The Bertz CT molecular complexity index is 360. The highest BCUT2D eigenvalue weighted by Gasteiger charge is 2.16. The number of piperidine rings is 1. The van der Waals surface area contributed by atoms with Crippen LogP contribution in [-0.4, -0.2) is 24.0 Å². The maximum absolute atomic E-state index is 5.99. The van der Waals surface area contributed by atoms with Gasteiger partial charge in [0.2, 0.25) is 0 Å². The Hall–Kier alpha value is -0.860. The van der Waals surface area contributed by atoms with E-state index in [1.54, 1.807) is 0 Å². The molecule has 0 saturated carbocycles. The van der Waals surface area contributed by atoms with Crippen molar-refractivity contribution in [1.29, 1.82) is 0 Å². The Morgan fingerprint density at radius 3 is 2.81 bits per heavy atom. The molecule has 1 fully saturated rings. The van der Waals surface area contributed by atoms with Gasteiger partial charge >= 0.3 is 0 Å². The molecule has 0 spiro atoms. The Morgan fingerprint density at radius 2 is 2.12 bits per heavy atom. The summed E-state index contributed by atoms with van der Waals surface area (Å²) in [6, 6.07) is 7.13. The molecule has 2 nitrogen and oxygen atoms in total. The van der Waals surface area contributed by atoms with Crippen molar-refractivity contribution in [3.05, 3.63) is 34.9 Å². The number of rotatable bonds is 2. The van der Waals surface area contributed by atoms with Crippen LogP contribution in [0.15, 0.2) is 18.2 Å². The minimum Gasteiger partial charge on any atom is -0.327 e. The normalized spacial score (nSPS) is 22.3. The number of benzene rings is 1. The standard InChI is InChI=1S/C14H22N2/c1-11-5-6-13(8-12(11)2)9-16-7-3-4-14(15)10-16/h5-6,8,14H,3-4,7,9-10,15H2,1-2H3. The van der Waals surface area contributed by atoms with E-state index in [1.165, 1.54) is 36.1 Å². The molecule has 1 heterocycles. The van der Waals surface area contributed by atoms with Crippen molar-refractivity contribution in [1.82, 2.24) is 4.90 Å². The molecule has 2 N–H and O–H groups in total. The lowest BCUT2D eigenvalue weighted by molar-refractivity contribution is 0.201. The number of hydrogen-bond donors (Lipinski definition) is 1. The van der Waals surface area contributed by atoms with Crippen LogP contribution < -0.4 is 5.73 Å². The van der Waals surface area contributed by atoms with Crippen LogP contribution in [0, 0.1) is 13.8 Å². The smallest absolute Gasteiger partial charge is 0.0234 e. The molecular weight excluding hydrogens is 196 g/mol. The quantitative estimate of drug-likeness (QED) is 0.825. The molecule has 2 rings (SSSR count). The third-order valence-corrected chi connectivity index (χ3v) is 3.52. The predicted molar refractivity (Wildman–Crippen MR) is 68.4 cm³/mol. The fourth-order valence-corrected chi connectivity index (χ4v) is 2.39. The van der Waals surface area contributed by atoms with Crippen molar-refractivity contribution in [3.63, 3.8) is 0 Å². The van der Waals surface area contributed by atoms with E-state index in [2.05, 4.69) is 36.9 Å². The summed E-state index contributed by atoms with van der Waals surface area (Å²) in [5, 5.41) is 0. The summed E-state index contributed by atoms with van der Waals surface area (Å²) in [5.41, 5.74) is 10.2. The van der Waals surface area contributed by atoms with Crippen LogP contribution in [0.5, 0.6) is 0 Å². The molecule has 0 aromatic heterocycles. The summed E-state index contributed by atoms with van der Waals surface area (Å²) in [4.78, 5) is 2.47. The zero-order valence-corrected chi connectivity index (χ0v) is 10.4. The first-order valence-electron chi connectivity index (χ1n) is 6.19. The zero-order valence-electron chi connectivity index (χ0n) is 10.4. The Morgan fingerprint density at radius 1 is 1.31 bits per heavy atom. The van der Waals surface area contributed by atoms with Crippen LogP contribution in [0.3, 0.4) is 0 Å². The first-order chi connectivity index (χ1) is 7.65. The lowest BCUT2D eigenvalue weighted by atomic mass is 10.0. The zero-order chi connectivity index (χ0) is 11.5. The third kappa shape index (κ3) is 2.83. The third-order valence-electron chi connectivity index (χ3n) is 3.52. The molecule has 1 aliphatic rings. The number of nitrogens with two attached hydrogens (primary N) is 1. The highest BCUT2D eigenvalue weighted by Crippen LogP contribution is 2.15. The molecular formula is C14H22N2. The highest BCUT2D eigenvalue weighted by atomic mass is 15.1. The summed E-state index contributed by atoms with van der Waals surface area (Å²) in [5.74, 6) is 0. The maximum atomic E-state index is 5.99. The second-order valence-electron chi connectivity index (χ2n) is 5.06. The van der Waals surface area contributed by atoms with Gasteiger partial charge in [-0.2, -0.15) is 0 Å². The van der Waals surface area contributed by atoms with E-state index in [0.717, 1.165) is 13.1 Å². The second-order valence-corrected chi connectivity index (χ2v) is 5.06. The van der Waals surface area contributed by atoms with E-state index in [9.17, 15) is 0 Å². The Balaban J connectivity index is 2.00. The Labute approximate surface area is 98.4 Å². The molecule has 2 heteroatoms. The van der Waals surface area contributed by atoms with E-state index in [-0.39, 0.29) is 0 Å².